The van der Waals surface area contributed by atoms with Crippen LogP contribution in [0.15, 0.2) is 12.3 Å². The van der Waals surface area contributed by atoms with Crippen LogP contribution in [0.5, 0.6) is 11.6 Å². The lowest BCUT2D eigenvalue weighted by molar-refractivity contribution is 0.0689. The number of aryl methyl sites for hydroxylation is 1. The molecule has 0 saturated heterocycles. The van der Waals surface area contributed by atoms with Gasteiger partial charge in [-0.2, -0.15) is 5.10 Å². The number of carboxylic acid groups (broad SMARTS) is 1. The first-order valence-corrected chi connectivity index (χ1v) is 5.84. The molecule has 2 aromatic heterocycles. The number of aromatic carboxylic acids is 1. The average molecular weight is 277 g/mol. The van der Waals surface area contributed by atoms with Crippen molar-refractivity contribution in [3.05, 3.63) is 23.5 Å². The lowest BCUT2D eigenvalue weighted by Crippen LogP contribution is -2.00. The summed E-state index contributed by atoms with van der Waals surface area (Å²) >= 11 is 0. The molecule has 7 nitrogen and oxygen atoms in total. The average Bonchev–Trinajstić information content (AvgIpc) is 2.73. The van der Waals surface area contributed by atoms with Crippen molar-refractivity contribution in [1.29, 1.82) is 0 Å². The highest BCUT2D eigenvalue weighted by Crippen LogP contribution is 2.34. The maximum absolute atomic E-state index is 11.1. The number of ether oxygens (including phenoxy) is 2. The minimum absolute atomic E-state index is 0.0142. The molecule has 0 saturated carbocycles. The lowest BCUT2D eigenvalue weighted by atomic mass is 10.1. The third-order valence-corrected chi connectivity index (χ3v) is 3.01. The molecule has 0 aliphatic heterocycles. The van der Waals surface area contributed by atoms with Crippen LogP contribution in [-0.4, -0.2) is 40.1 Å². The highest BCUT2D eigenvalue weighted by molar-refractivity contribution is 5.90. The van der Waals surface area contributed by atoms with Gasteiger partial charge in [0, 0.05) is 24.9 Å². The van der Waals surface area contributed by atoms with Crippen LogP contribution in [0, 0.1) is 6.92 Å². The molecule has 2 aromatic rings. The van der Waals surface area contributed by atoms with E-state index in [2.05, 4.69) is 10.1 Å². The summed E-state index contributed by atoms with van der Waals surface area (Å²) in [7, 11) is 4.72. The number of aromatic nitrogens is 3. The standard InChI is InChI=1S/C13H15N3O4/c1-7-11(13(17)18)15-16(2)12(7)8-6-14-10(20-4)5-9(8)19-3/h5-6H,1-4H3,(H,17,18). The lowest BCUT2D eigenvalue weighted by Gasteiger charge is -2.10. The van der Waals surface area contributed by atoms with Gasteiger partial charge in [0.15, 0.2) is 5.69 Å². The number of hydrogen-bond donors (Lipinski definition) is 1. The molecule has 0 spiro atoms. The van der Waals surface area contributed by atoms with E-state index in [9.17, 15) is 4.79 Å². The summed E-state index contributed by atoms with van der Waals surface area (Å²) in [6.45, 7) is 1.70. The molecule has 2 rings (SSSR count). The van der Waals surface area contributed by atoms with Gasteiger partial charge in [0.05, 0.1) is 25.5 Å². The molecule has 1 N–H and O–H groups in total. The van der Waals surface area contributed by atoms with Crippen LogP contribution in [0.25, 0.3) is 11.3 Å². The quantitative estimate of drug-likeness (QED) is 0.911. The molecule has 7 heteroatoms. The number of hydrogen-bond acceptors (Lipinski definition) is 5. The van der Waals surface area contributed by atoms with Gasteiger partial charge in [-0.1, -0.05) is 0 Å². The summed E-state index contributed by atoms with van der Waals surface area (Å²) in [4.78, 5) is 15.3. The molecule has 0 radical (unpaired) electrons. The Morgan fingerprint density at radius 3 is 2.55 bits per heavy atom. The summed E-state index contributed by atoms with van der Waals surface area (Å²) in [5, 5.41) is 13.1. The maximum Gasteiger partial charge on any atom is 0.356 e. The molecule has 0 atom stereocenters. The van der Waals surface area contributed by atoms with E-state index in [-0.39, 0.29) is 5.69 Å². The molecule has 0 fully saturated rings. The Morgan fingerprint density at radius 1 is 1.35 bits per heavy atom. The second-order valence-electron chi connectivity index (χ2n) is 4.18. The molecule has 2 heterocycles. The van der Waals surface area contributed by atoms with Gasteiger partial charge >= 0.3 is 5.97 Å². The maximum atomic E-state index is 11.1. The van der Waals surface area contributed by atoms with Crippen molar-refractivity contribution >= 4 is 5.97 Å². The van der Waals surface area contributed by atoms with Crippen LogP contribution >= 0.6 is 0 Å². The Labute approximate surface area is 115 Å². The zero-order chi connectivity index (χ0) is 14.9. The summed E-state index contributed by atoms with van der Waals surface area (Å²) in [6.07, 6.45) is 1.58. The second-order valence-corrected chi connectivity index (χ2v) is 4.18. The largest absolute Gasteiger partial charge is 0.496 e. The van der Waals surface area contributed by atoms with Gasteiger partial charge in [0.2, 0.25) is 5.88 Å². The topological polar surface area (TPSA) is 86.5 Å². The SMILES string of the molecule is COc1cc(OC)c(-c2c(C)c(C(=O)O)nn2C)cn1. The normalized spacial score (nSPS) is 10.4. The van der Waals surface area contributed by atoms with E-state index in [1.165, 1.54) is 18.9 Å². The van der Waals surface area contributed by atoms with Crippen LogP contribution < -0.4 is 9.47 Å². The Kier molecular flexibility index (Phi) is 3.60. The smallest absolute Gasteiger partial charge is 0.356 e. The zero-order valence-electron chi connectivity index (χ0n) is 11.7. The van der Waals surface area contributed by atoms with E-state index in [1.807, 2.05) is 0 Å². The monoisotopic (exact) mass is 277 g/mol. The number of pyridine rings is 1. The summed E-state index contributed by atoms with van der Waals surface area (Å²) in [5.41, 5.74) is 1.88. The van der Waals surface area contributed by atoms with Crippen LogP contribution in [0.3, 0.4) is 0 Å². The molecule has 0 aliphatic carbocycles. The molecule has 0 aliphatic rings. The van der Waals surface area contributed by atoms with E-state index in [1.54, 1.807) is 26.2 Å². The molecule has 106 valence electrons. The Bertz CT molecular complexity index is 664. The molecular weight excluding hydrogens is 262 g/mol. The first kappa shape index (κ1) is 13.9. The van der Waals surface area contributed by atoms with Crippen LogP contribution in [0.4, 0.5) is 0 Å². The minimum atomic E-state index is -1.07. The van der Waals surface area contributed by atoms with Crippen LogP contribution in [-0.2, 0) is 7.05 Å². The van der Waals surface area contributed by atoms with Crippen molar-refractivity contribution < 1.29 is 19.4 Å². The summed E-state index contributed by atoms with van der Waals surface area (Å²) in [6, 6.07) is 1.64. The zero-order valence-corrected chi connectivity index (χ0v) is 11.7. The first-order chi connectivity index (χ1) is 9.49. The van der Waals surface area contributed by atoms with Crippen molar-refractivity contribution in [2.24, 2.45) is 7.05 Å². The van der Waals surface area contributed by atoms with Crippen LogP contribution in [0.2, 0.25) is 0 Å². The molecule has 20 heavy (non-hydrogen) atoms. The van der Waals surface area contributed by atoms with Gasteiger partial charge in [-0.05, 0) is 6.92 Å². The van der Waals surface area contributed by atoms with Gasteiger partial charge in [0.25, 0.3) is 0 Å². The predicted molar refractivity (Wildman–Crippen MR) is 71.2 cm³/mol. The van der Waals surface area contributed by atoms with Crippen molar-refractivity contribution in [3.8, 4) is 22.9 Å². The number of methoxy groups -OCH3 is 2. The van der Waals surface area contributed by atoms with E-state index in [4.69, 9.17) is 14.6 Å². The van der Waals surface area contributed by atoms with Crippen molar-refractivity contribution in [2.75, 3.05) is 14.2 Å². The summed E-state index contributed by atoms with van der Waals surface area (Å²) in [5.74, 6) is -0.103. The Balaban J connectivity index is 2.65. The van der Waals surface area contributed by atoms with E-state index >= 15 is 0 Å². The number of rotatable bonds is 4. The van der Waals surface area contributed by atoms with Gasteiger partial charge in [0.1, 0.15) is 5.75 Å². The minimum Gasteiger partial charge on any atom is -0.496 e. The molecular formula is C13H15N3O4. The summed E-state index contributed by atoms with van der Waals surface area (Å²) < 4.78 is 11.9. The Morgan fingerprint density at radius 2 is 2.05 bits per heavy atom. The fourth-order valence-electron chi connectivity index (χ4n) is 2.09. The fraction of sp³-hybridized carbons (Fsp3) is 0.308. The third-order valence-electron chi connectivity index (χ3n) is 3.01. The van der Waals surface area contributed by atoms with Crippen molar-refractivity contribution in [2.45, 2.75) is 6.92 Å². The first-order valence-electron chi connectivity index (χ1n) is 5.84. The van der Waals surface area contributed by atoms with Crippen molar-refractivity contribution in [1.82, 2.24) is 14.8 Å². The van der Waals surface area contributed by atoms with Crippen molar-refractivity contribution in [3.63, 3.8) is 0 Å². The van der Waals surface area contributed by atoms with Gasteiger partial charge in [-0.3, -0.25) is 4.68 Å². The predicted octanol–water partition coefficient (Wildman–Crippen LogP) is 1.51. The molecule has 0 bridgehead atoms. The second kappa shape index (κ2) is 5.20. The van der Waals surface area contributed by atoms with Gasteiger partial charge in [-0.15, -0.1) is 0 Å². The van der Waals surface area contributed by atoms with E-state index in [0.717, 1.165) is 0 Å². The highest BCUT2D eigenvalue weighted by atomic mass is 16.5. The van der Waals surface area contributed by atoms with E-state index in [0.29, 0.717) is 28.5 Å². The van der Waals surface area contributed by atoms with Gasteiger partial charge in [-0.25, -0.2) is 9.78 Å². The number of carboxylic acids is 1. The number of carbonyl (C=O) groups is 1. The van der Waals surface area contributed by atoms with Gasteiger partial charge < -0.3 is 14.6 Å². The highest BCUT2D eigenvalue weighted by Gasteiger charge is 2.21. The fourth-order valence-corrected chi connectivity index (χ4v) is 2.09. The molecule has 0 aromatic carbocycles. The molecule has 0 unspecified atom stereocenters. The van der Waals surface area contributed by atoms with Crippen LogP contribution in [0.1, 0.15) is 16.1 Å². The Hall–Kier alpha value is -2.57. The van der Waals surface area contributed by atoms with E-state index < -0.39 is 5.97 Å². The molecule has 0 amide bonds. The third kappa shape index (κ3) is 2.18. The number of nitrogens with zero attached hydrogens (tertiary/aromatic N) is 3.